The first kappa shape index (κ1) is 8.82. The maximum atomic E-state index is 10.6. The van der Waals surface area contributed by atoms with Gasteiger partial charge in [-0.15, -0.1) is 0 Å². The highest BCUT2D eigenvalue weighted by atomic mass is 79.9. The second-order valence-corrected chi connectivity index (χ2v) is 2.43. The van der Waals surface area contributed by atoms with Crippen molar-refractivity contribution >= 4 is 27.5 Å². The zero-order valence-corrected chi connectivity index (χ0v) is 6.90. The molecule has 0 aromatic rings. The van der Waals surface area contributed by atoms with Crippen LogP contribution in [0.4, 0.5) is 0 Å². The van der Waals surface area contributed by atoms with Gasteiger partial charge in [0.25, 0.3) is 0 Å². The summed E-state index contributed by atoms with van der Waals surface area (Å²) in [6.07, 6.45) is 0.651. The third-order valence-corrected chi connectivity index (χ3v) is 1.35. The van der Waals surface area contributed by atoms with E-state index in [2.05, 4.69) is 15.9 Å². The van der Waals surface area contributed by atoms with Gasteiger partial charge in [-0.3, -0.25) is 9.59 Å². The van der Waals surface area contributed by atoms with Crippen LogP contribution in [0.3, 0.4) is 0 Å². The molecule has 0 atom stereocenters. The molecule has 0 radical (unpaired) electrons. The standard InChI is InChI=1S/C6H9BrO2/c1-2-5(8)6(9)3-4-7/h2-4H2,1H3. The Balaban J connectivity index is 3.60. The number of carbonyl (C=O) groups excluding carboxylic acids is 2. The molecule has 0 spiro atoms. The van der Waals surface area contributed by atoms with Gasteiger partial charge in [0.1, 0.15) is 0 Å². The zero-order valence-electron chi connectivity index (χ0n) is 5.32. The molecule has 0 fully saturated rings. The molecule has 0 heterocycles. The molecule has 0 bridgehead atoms. The van der Waals surface area contributed by atoms with Crippen molar-refractivity contribution in [1.82, 2.24) is 0 Å². The first-order chi connectivity index (χ1) is 4.22. The van der Waals surface area contributed by atoms with E-state index in [-0.39, 0.29) is 11.6 Å². The Kier molecular flexibility index (Phi) is 4.58. The lowest BCUT2D eigenvalue weighted by Gasteiger charge is -1.90. The minimum atomic E-state index is -0.269. The van der Waals surface area contributed by atoms with E-state index in [1.54, 1.807) is 6.92 Å². The van der Waals surface area contributed by atoms with Crippen LogP contribution in [0.5, 0.6) is 0 Å². The van der Waals surface area contributed by atoms with Gasteiger partial charge in [-0.25, -0.2) is 0 Å². The molecule has 0 aliphatic heterocycles. The van der Waals surface area contributed by atoms with Gasteiger partial charge in [-0.1, -0.05) is 22.9 Å². The molecule has 0 saturated heterocycles. The summed E-state index contributed by atoms with van der Waals surface area (Å²) in [7, 11) is 0. The number of alkyl halides is 1. The molecule has 0 aliphatic carbocycles. The van der Waals surface area contributed by atoms with E-state index in [1.165, 1.54) is 0 Å². The van der Waals surface area contributed by atoms with Gasteiger partial charge in [0.2, 0.25) is 0 Å². The van der Waals surface area contributed by atoms with Gasteiger partial charge in [-0.05, 0) is 0 Å². The minimum absolute atomic E-state index is 0.269. The SMILES string of the molecule is CCC(=O)C(=O)CCBr. The lowest BCUT2D eigenvalue weighted by atomic mass is 10.2. The Morgan fingerprint density at radius 2 is 1.89 bits per heavy atom. The Morgan fingerprint density at radius 3 is 2.22 bits per heavy atom. The number of hydrogen-bond acceptors (Lipinski definition) is 2. The van der Waals surface area contributed by atoms with Crippen LogP contribution in [-0.2, 0) is 9.59 Å². The third-order valence-electron chi connectivity index (χ3n) is 0.954. The van der Waals surface area contributed by atoms with E-state index in [9.17, 15) is 9.59 Å². The summed E-state index contributed by atoms with van der Waals surface area (Å²) in [6, 6.07) is 0. The predicted molar refractivity (Wildman–Crippen MR) is 38.7 cm³/mol. The van der Waals surface area contributed by atoms with Crippen LogP contribution in [0.1, 0.15) is 19.8 Å². The van der Waals surface area contributed by atoms with E-state index < -0.39 is 0 Å². The van der Waals surface area contributed by atoms with Crippen molar-refractivity contribution in [3.05, 3.63) is 0 Å². The molecule has 9 heavy (non-hydrogen) atoms. The summed E-state index contributed by atoms with van der Waals surface area (Å²) < 4.78 is 0. The number of rotatable bonds is 4. The monoisotopic (exact) mass is 192 g/mol. The quantitative estimate of drug-likeness (QED) is 0.498. The van der Waals surface area contributed by atoms with Crippen molar-refractivity contribution in [2.75, 3.05) is 5.33 Å². The third kappa shape index (κ3) is 3.40. The van der Waals surface area contributed by atoms with E-state index in [0.717, 1.165) is 0 Å². The van der Waals surface area contributed by atoms with Crippen molar-refractivity contribution in [1.29, 1.82) is 0 Å². The van der Waals surface area contributed by atoms with Gasteiger partial charge >= 0.3 is 0 Å². The fraction of sp³-hybridized carbons (Fsp3) is 0.667. The maximum Gasteiger partial charge on any atom is 0.199 e. The summed E-state index contributed by atoms with van der Waals surface area (Å²) in [6.45, 7) is 1.69. The number of carbonyl (C=O) groups is 2. The second kappa shape index (κ2) is 4.68. The first-order valence-corrected chi connectivity index (χ1v) is 3.96. The average Bonchev–Trinajstić information content (AvgIpc) is 1.87. The van der Waals surface area contributed by atoms with E-state index in [4.69, 9.17) is 0 Å². The molecule has 2 nitrogen and oxygen atoms in total. The first-order valence-electron chi connectivity index (χ1n) is 2.84. The number of halogens is 1. The molecule has 0 saturated carbocycles. The average molecular weight is 193 g/mol. The Morgan fingerprint density at radius 1 is 1.33 bits per heavy atom. The number of hydrogen-bond donors (Lipinski definition) is 0. The summed E-state index contributed by atoms with van der Waals surface area (Å²) in [5.41, 5.74) is 0. The molecular weight excluding hydrogens is 184 g/mol. The van der Waals surface area contributed by atoms with Crippen LogP contribution in [0.25, 0.3) is 0 Å². The summed E-state index contributed by atoms with van der Waals surface area (Å²) in [4.78, 5) is 21.1. The van der Waals surface area contributed by atoms with Crippen molar-refractivity contribution in [3.63, 3.8) is 0 Å². The summed E-state index contributed by atoms with van der Waals surface area (Å²) >= 11 is 3.07. The minimum Gasteiger partial charge on any atom is -0.291 e. The Hall–Kier alpha value is -0.180. The van der Waals surface area contributed by atoms with Gasteiger partial charge < -0.3 is 0 Å². The van der Waals surface area contributed by atoms with Gasteiger partial charge in [0, 0.05) is 18.2 Å². The molecule has 0 aromatic heterocycles. The van der Waals surface area contributed by atoms with Gasteiger partial charge in [0.15, 0.2) is 11.6 Å². The highest BCUT2D eigenvalue weighted by molar-refractivity contribution is 9.09. The van der Waals surface area contributed by atoms with Crippen LogP contribution < -0.4 is 0 Å². The van der Waals surface area contributed by atoms with Crippen LogP contribution in [-0.4, -0.2) is 16.9 Å². The largest absolute Gasteiger partial charge is 0.291 e. The molecule has 0 aromatic carbocycles. The molecule has 0 aliphatic rings. The van der Waals surface area contributed by atoms with Gasteiger partial charge in [0.05, 0.1) is 0 Å². The van der Waals surface area contributed by atoms with E-state index in [0.29, 0.717) is 18.2 Å². The Bertz CT molecular complexity index is 120. The van der Waals surface area contributed by atoms with Crippen molar-refractivity contribution in [3.8, 4) is 0 Å². The van der Waals surface area contributed by atoms with Crippen molar-refractivity contribution in [2.24, 2.45) is 0 Å². The highest BCUT2D eigenvalue weighted by Gasteiger charge is 2.08. The smallest absolute Gasteiger partial charge is 0.199 e. The summed E-state index contributed by atoms with van der Waals surface area (Å²) in [5, 5.41) is 0.581. The molecule has 0 rings (SSSR count). The number of Topliss-reactive ketones (excluding diaryl/α,β-unsaturated/α-hetero) is 2. The summed E-state index contributed by atoms with van der Waals surface area (Å²) in [5.74, 6) is -0.538. The van der Waals surface area contributed by atoms with Crippen LogP contribution in [0.2, 0.25) is 0 Å². The van der Waals surface area contributed by atoms with E-state index in [1.807, 2.05) is 0 Å². The zero-order chi connectivity index (χ0) is 7.28. The Labute approximate surface area is 62.8 Å². The molecule has 3 heteroatoms. The maximum absolute atomic E-state index is 10.6. The van der Waals surface area contributed by atoms with Crippen LogP contribution >= 0.6 is 15.9 Å². The normalized spacial score (nSPS) is 9.11. The van der Waals surface area contributed by atoms with Crippen molar-refractivity contribution < 1.29 is 9.59 Å². The molecular formula is C6H9BrO2. The van der Waals surface area contributed by atoms with Gasteiger partial charge in [-0.2, -0.15) is 0 Å². The fourth-order valence-corrected chi connectivity index (χ4v) is 0.783. The lowest BCUT2D eigenvalue weighted by Crippen LogP contribution is -2.12. The molecule has 0 unspecified atom stereocenters. The van der Waals surface area contributed by atoms with E-state index >= 15 is 0 Å². The van der Waals surface area contributed by atoms with Crippen molar-refractivity contribution in [2.45, 2.75) is 19.8 Å². The topological polar surface area (TPSA) is 34.1 Å². The van der Waals surface area contributed by atoms with Crippen LogP contribution in [0.15, 0.2) is 0 Å². The predicted octanol–water partition coefficient (Wildman–Crippen LogP) is 1.32. The highest BCUT2D eigenvalue weighted by Crippen LogP contribution is 1.92. The molecule has 52 valence electrons. The number of ketones is 2. The fourth-order valence-electron chi connectivity index (χ4n) is 0.422. The second-order valence-electron chi connectivity index (χ2n) is 1.64. The lowest BCUT2D eigenvalue weighted by molar-refractivity contribution is -0.136. The molecule has 0 N–H and O–H groups in total. The van der Waals surface area contributed by atoms with Crippen LogP contribution in [0, 0.1) is 0 Å². The molecule has 0 amide bonds.